The molecule has 0 aromatic heterocycles. The largest absolute Gasteiger partial charge is 0.465 e. The molecule has 10 heteroatoms. The fourth-order valence-corrected chi connectivity index (χ4v) is 12.8. The second kappa shape index (κ2) is 13.9. The molecule has 0 saturated heterocycles. The summed E-state index contributed by atoms with van der Waals surface area (Å²) >= 11 is 0. The Hall–Kier alpha value is -3.56. The molecule has 54 heavy (non-hydrogen) atoms. The van der Waals surface area contributed by atoms with Gasteiger partial charge in [-0.2, -0.15) is 0 Å². The highest BCUT2D eigenvalue weighted by atomic mass is 16.9. The average molecular weight is 748 g/mol. The number of hydrogen-bond acceptors (Lipinski definition) is 9. The SMILES string of the molecule is CC1(C)CC[C@]2(C(=O)OCCCCO[N+](=O)[O-])CC[C@]3(C)C(=CC[C@@H]4[C@@]5(C)CC[C@H](OC(=O)/C=C/c6ccc7c(c6)OCO7)C(C)(C)[C@@H]5CC[C@]43C)[C@@H]2C1. The van der Waals surface area contributed by atoms with Crippen LogP contribution in [0.2, 0.25) is 0 Å². The molecule has 0 radical (unpaired) electrons. The predicted molar refractivity (Wildman–Crippen MR) is 204 cm³/mol. The quantitative estimate of drug-likeness (QED) is 0.0575. The highest BCUT2D eigenvalue weighted by Gasteiger charge is 2.69. The molecule has 5 aliphatic carbocycles. The Kier molecular flexibility index (Phi) is 9.94. The molecule has 0 amide bonds. The molecule has 1 aliphatic heterocycles. The Labute approximate surface area is 320 Å². The van der Waals surface area contributed by atoms with E-state index in [0.29, 0.717) is 36.2 Å². The zero-order chi connectivity index (χ0) is 38.7. The van der Waals surface area contributed by atoms with Crippen LogP contribution in [-0.2, 0) is 23.9 Å². The van der Waals surface area contributed by atoms with Crippen molar-refractivity contribution in [3.05, 3.63) is 51.6 Å². The van der Waals surface area contributed by atoms with Gasteiger partial charge >= 0.3 is 11.9 Å². The van der Waals surface area contributed by atoms with E-state index in [9.17, 15) is 19.7 Å². The van der Waals surface area contributed by atoms with E-state index in [-0.39, 0.29) is 71.0 Å². The first kappa shape index (κ1) is 38.7. The molecule has 0 N–H and O–H groups in total. The van der Waals surface area contributed by atoms with Crippen molar-refractivity contribution in [2.75, 3.05) is 20.0 Å². The van der Waals surface area contributed by atoms with E-state index < -0.39 is 10.5 Å². The Morgan fingerprint density at radius 3 is 2.43 bits per heavy atom. The molecule has 8 atom stereocenters. The van der Waals surface area contributed by atoms with Gasteiger partial charge in [0, 0.05) is 11.5 Å². The van der Waals surface area contributed by atoms with Crippen LogP contribution in [0.3, 0.4) is 0 Å². The highest BCUT2D eigenvalue weighted by molar-refractivity contribution is 5.87. The Morgan fingerprint density at radius 1 is 0.907 bits per heavy atom. The fourth-order valence-electron chi connectivity index (χ4n) is 12.8. The number of ether oxygens (including phenoxy) is 4. The Morgan fingerprint density at radius 2 is 1.65 bits per heavy atom. The summed E-state index contributed by atoms with van der Waals surface area (Å²) < 4.78 is 23.2. The van der Waals surface area contributed by atoms with E-state index >= 15 is 0 Å². The minimum absolute atomic E-state index is 0.0147. The molecule has 0 bridgehead atoms. The summed E-state index contributed by atoms with van der Waals surface area (Å²) in [6, 6.07) is 5.65. The van der Waals surface area contributed by atoms with Crippen LogP contribution in [0.15, 0.2) is 35.9 Å². The van der Waals surface area contributed by atoms with Crippen molar-refractivity contribution in [2.45, 2.75) is 132 Å². The van der Waals surface area contributed by atoms with Gasteiger partial charge < -0.3 is 23.8 Å². The van der Waals surface area contributed by atoms with Crippen LogP contribution in [0, 0.1) is 60.4 Å². The number of hydrogen-bond donors (Lipinski definition) is 0. The van der Waals surface area contributed by atoms with Gasteiger partial charge in [0.05, 0.1) is 18.6 Å². The topological polar surface area (TPSA) is 123 Å². The normalized spacial score (nSPS) is 37.1. The third-order valence-electron chi connectivity index (χ3n) is 16.0. The molecule has 0 spiro atoms. The number of esters is 2. The lowest BCUT2D eigenvalue weighted by Gasteiger charge is -2.71. The van der Waals surface area contributed by atoms with Gasteiger partial charge in [-0.3, -0.25) is 4.79 Å². The molecule has 4 fully saturated rings. The van der Waals surface area contributed by atoms with Crippen LogP contribution in [0.5, 0.6) is 11.5 Å². The number of rotatable bonds is 10. The number of carbonyl (C=O) groups excluding carboxylic acids is 2. The van der Waals surface area contributed by atoms with Gasteiger partial charge in [-0.15, -0.1) is 10.1 Å². The van der Waals surface area contributed by atoms with Crippen molar-refractivity contribution >= 4 is 18.0 Å². The third kappa shape index (κ3) is 6.41. The molecule has 1 aromatic carbocycles. The van der Waals surface area contributed by atoms with E-state index in [1.165, 1.54) is 11.6 Å². The summed E-state index contributed by atoms with van der Waals surface area (Å²) in [5, 5.41) is 9.74. The summed E-state index contributed by atoms with van der Waals surface area (Å²) in [4.78, 5) is 42.4. The maximum absolute atomic E-state index is 14.2. The molecule has 4 saturated carbocycles. The van der Waals surface area contributed by atoms with Crippen LogP contribution in [0.25, 0.3) is 6.08 Å². The van der Waals surface area contributed by atoms with Gasteiger partial charge in [0.15, 0.2) is 11.5 Å². The zero-order valence-electron chi connectivity index (χ0n) is 33.5. The van der Waals surface area contributed by atoms with Crippen LogP contribution in [0.4, 0.5) is 0 Å². The molecule has 10 nitrogen and oxygen atoms in total. The van der Waals surface area contributed by atoms with Gasteiger partial charge in [-0.05, 0) is 140 Å². The molecule has 1 aromatic rings. The van der Waals surface area contributed by atoms with Gasteiger partial charge in [-0.1, -0.05) is 66.2 Å². The van der Waals surface area contributed by atoms with E-state index in [0.717, 1.165) is 69.8 Å². The minimum atomic E-state index is -0.777. The van der Waals surface area contributed by atoms with Crippen molar-refractivity contribution in [2.24, 2.45) is 50.2 Å². The Bertz CT molecular complexity index is 1710. The van der Waals surface area contributed by atoms with Crippen LogP contribution in [-0.4, -0.2) is 43.1 Å². The monoisotopic (exact) mass is 747 g/mol. The van der Waals surface area contributed by atoms with Gasteiger partial charge in [0.2, 0.25) is 6.79 Å². The van der Waals surface area contributed by atoms with Gasteiger partial charge in [0.25, 0.3) is 5.09 Å². The van der Waals surface area contributed by atoms with Crippen molar-refractivity contribution < 1.29 is 38.5 Å². The lowest BCUT2D eigenvalue weighted by atomic mass is 9.33. The average Bonchev–Trinajstić information content (AvgIpc) is 3.58. The van der Waals surface area contributed by atoms with Crippen LogP contribution in [0.1, 0.15) is 131 Å². The molecule has 6 aliphatic rings. The number of benzene rings is 1. The molecule has 0 unspecified atom stereocenters. The first-order chi connectivity index (χ1) is 25.5. The smallest absolute Gasteiger partial charge is 0.331 e. The van der Waals surface area contributed by atoms with Gasteiger partial charge in [0.1, 0.15) is 6.10 Å². The summed E-state index contributed by atoms with van der Waals surface area (Å²) in [7, 11) is 0. The minimum Gasteiger partial charge on any atom is -0.465 e. The van der Waals surface area contributed by atoms with E-state index in [4.69, 9.17) is 18.9 Å². The lowest BCUT2D eigenvalue weighted by Crippen LogP contribution is -2.65. The number of carbonyl (C=O) groups is 2. The molecule has 296 valence electrons. The number of nitrogens with zero attached hydrogens (tertiary/aromatic N) is 1. The summed E-state index contributed by atoms with van der Waals surface area (Å²) in [6.45, 7) is 17.5. The highest BCUT2D eigenvalue weighted by Crippen LogP contribution is 2.76. The standard InChI is InChI=1S/C44H61NO9/c1-39(2)20-22-44(38(47)50-24-8-9-25-53-45(48)49)23-21-42(6)30(31(44)27-39)12-14-35-41(5)18-17-36(40(3,4)34(41)16-19-43(35,42)7)54-37(46)15-11-29-10-13-32-33(26-29)52-28-51-32/h10-13,15,26,31,34-36H,8-9,14,16-25,27-28H2,1-7H3/b15-11+/t31-,34-,35+,36-,41-,42+,43+,44-/m0/s1. The van der Waals surface area contributed by atoms with Crippen molar-refractivity contribution in [1.29, 1.82) is 0 Å². The van der Waals surface area contributed by atoms with Crippen LogP contribution < -0.4 is 9.47 Å². The van der Waals surface area contributed by atoms with Crippen molar-refractivity contribution in [3.63, 3.8) is 0 Å². The Balaban J connectivity index is 1.08. The fraction of sp³-hybridized carbons (Fsp3) is 0.727. The number of unbranched alkanes of at least 4 members (excludes halogenated alkanes) is 1. The summed E-state index contributed by atoms with van der Waals surface area (Å²) in [6.07, 6.45) is 16.4. The molecular formula is C44H61NO9. The van der Waals surface area contributed by atoms with Crippen LogP contribution >= 0.6 is 0 Å². The van der Waals surface area contributed by atoms with Crippen molar-refractivity contribution in [1.82, 2.24) is 0 Å². The lowest BCUT2D eigenvalue weighted by molar-refractivity contribution is -0.757. The molecule has 7 rings (SSSR count). The second-order valence-electron chi connectivity index (χ2n) is 19.5. The van der Waals surface area contributed by atoms with E-state index in [1.807, 2.05) is 18.2 Å². The predicted octanol–water partition coefficient (Wildman–Crippen LogP) is 9.67. The third-order valence-corrected chi connectivity index (χ3v) is 16.0. The molecule has 1 heterocycles. The van der Waals surface area contributed by atoms with Crippen molar-refractivity contribution in [3.8, 4) is 11.5 Å². The maximum atomic E-state index is 14.2. The zero-order valence-corrected chi connectivity index (χ0v) is 33.5. The first-order valence-corrected chi connectivity index (χ1v) is 20.4. The first-order valence-electron chi connectivity index (χ1n) is 20.4. The van der Waals surface area contributed by atoms with E-state index in [1.54, 1.807) is 6.08 Å². The number of allylic oxidation sites excluding steroid dienone is 2. The summed E-state index contributed by atoms with van der Waals surface area (Å²) in [5.74, 6) is 2.05. The number of fused-ring (bicyclic) bond motifs is 8. The summed E-state index contributed by atoms with van der Waals surface area (Å²) in [5.41, 5.74) is 1.92. The molecular weight excluding hydrogens is 686 g/mol. The maximum Gasteiger partial charge on any atom is 0.331 e. The van der Waals surface area contributed by atoms with E-state index in [2.05, 4.69) is 59.4 Å². The second-order valence-corrected chi connectivity index (χ2v) is 19.5. The van der Waals surface area contributed by atoms with Gasteiger partial charge in [-0.25, -0.2) is 4.79 Å².